The van der Waals surface area contributed by atoms with Crippen molar-refractivity contribution in [3.63, 3.8) is 0 Å². The molecule has 1 aliphatic heterocycles. The molecule has 0 bridgehead atoms. The number of hydrogen-bond donors (Lipinski definition) is 3. The number of carbonyl (C=O) groups excluding carboxylic acids is 1. The highest BCUT2D eigenvalue weighted by Gasteiger charge is 2.23. The molecule has 3 aromatic rings. The fourth-order valence-corrected chi connectivity index (χ4v) is 4.03. The Labute approximate surface area is 178 Å². The maximum atomic E-state index is 12.8. The largest absolute Gasteiger partial charge is 0.376 e. The second-order valence-corrected chi connectivity index (χ2v) is 7.92. The monoisotopic (exact) mass is 433 g/mol. The van der Waals surface area contributed by atoms with E-state index in [4.69, 9.17) is 23.2 Å². The highest BCUT2D eigenvalue weighted by Crippen LogP contribution is 2.23. The van der Waals surface area contributed by atoms with Gasteiger partial charge in [-0.3, -0.25) is 9.89 Å². The number of benzene rings is 1. The number of carbonyl (C=O) groups is 1. The predicted octanol–water partition coefficient (Wildman–Crippen LogP) is 3.56. The Hall–Kier alpha value is -2.58. The molecule has 0 aliphatic carbocycles. The first-order valence-electron chi connectivity index (χ1n) is 9.47. The van der Waals surface area contributed by atoms with Crippen molar-refractivity contribution in [1.29, 1.82) is 0 Å². The standard InChI is InChI=1S/C19H21Cl2N7O/c20-12-5-13(21)7-15(6-12)22-9-17(29)28-4-2-1-3-14(10-28)26-18-16-8-25-27-19(16)24-11-23-18/h5-8,11,14,22H,1-4,9-10H2,(H2,23,24,25,26,27)/t14-/m1/s1. The van der Waals surface area contributed by atoms with Crippen LogP contribution in [-0.4, -0.2) is 56.6 Å². The number of aromatic nitrogens is 4. The van der Waals surface area contributed by atoms with E-state index in [1.165, 1.54) is 6.33 Å². The van der Waals surface area contributed by atoms with Crippen molar-refractivity contribution in [3.8, 4) is 0 Å². The molecule has 1 amide bonds. The van der Waals surface area contributed by atoms with Gasteiger partial charge < -0.3 is 15.5 Å². The molecule has 0 radical (unpaired) electrons. The summed E-state index contributed by atoms with van der Waals surface area (Å²) in [5.74, 6) is 0.765. The number of amides is 1. The average Bonchev–Trinajstić information content (AvgIpc) is 3.05. The van der Waals surface area contributed by atoms with Crippen molar-refractivity contribution in [2.75, 3.05) is 30.3 Å². The van der Waals surface area contributed by atoms with Crippen LogP contribution < -0.4 is 10.6 Å². The predicted molar refractivity (Wildman–Crippen MR) is 114 cm³/mol. The number of nitrogens with zero attached hydrogens (tertiary/aromatic N) is 4. The Morgan fingerprint density at radius 2 is 2.03 bits per heavy atom. The lowest BCUT2D eigenvalue weighted by molar-refractivity contribution is -0.129. The van der Waals surface area contributed by atoms with Gasteiger partial charge in [0.25, 0.3) is 0 Å². The van der Waals surface area contributed by atoms with E-state index in [2.05, 4.69) is 30.8 Å². The average molecular weight is 434 g/mol. The van der Waals surface area contributed by atoms with Gasteiger partial charge in [-0.2, -0.15) is 5.10 Å². The first-order chi connectivity index (χ1) is 14.1. The molecule has 0 unspecified atom stereocenters. The van der Waals surface area contributed by atoms with Crippen molar-refractivity contribution in [3.05, 3.63) is 40.8 Å². The Kier molecular flexibility index (Phi) is 6.01. The van der Waals surface area contributed by atoms with Crippen molar-refractivity contribution in [2.45, 2.75) is 25.3 Å². The van der Waals surface area contributed by atoms with E-state index in [-0.39, 0.29) is 18.5 Å². The van der Waals surface area contributed by atoms with Crippen LogP contribution in [0.15, 0.2) is 30.7 Å². The molecule has 1 aliphatic rings. The highest BCUT2D eigenvalue weighted by atomic mass is 35.5. The minimum absolute atomic E-state index is 0.0333. The van der Waals surface area contributed by atoms with Crippen LogP contribution in [0.25, 0.3) is 11.0 Å². The number of H-pyrrole nitrogens is 1. The van der Waals surface area contributed by atoms with Crippen LogP contribution in [0.3, 0.4) is 0 Å². The first-order valence-corrected chi connectivity index (χ1v) is 10.2. The van der Waals surface area contributed by atoms with Gasteiger partial charge in [0.2, 0.25) is 5.91 Å². The number of nitrogens with one attached hydrogen (secondary N) is 3. The van der Waals surface area contributed by atoms with E-state index in [0.717, 1.165) is 42.7 Å². The van der Waals surface area contributed by atoms with E-state index in [1.807, 2.05) is 4.90 Å². The van der Waals surface area contributed by atoms with Crippen molar-refractivity contribution in [1.82, 2.24) is 25.1 Å². The zero-order valence-electron chi connectivity index (χ0n) is 15.7. The third-order valence-electron chi connectivity index (χ3n) is 4.92. The van der Waals surface area contributed by atoms with Gasteiger partial charge in [0.15, 0.2) is 5.65 Å². The highest BCUT2D eigenvalue weighted by molar-refractivity contribution is 6.35. The SMILES string of the molecule is O=C(CNc1cc(Cl)cc(Cl)c1)N1CCCC[C@@H](Nc2ncnc3[nH]ncc23)C1. The molecule has 1 fully saturated rings. The van der Waals surface area contributed by atoms with Crippen LogP contribution in [0.4, 0.5) is 11.5 Å². The normalized spacial score (nSPS) is 17.2. The fourth-order valence-electron chi connectivity index (χ4n) is 3.50. The van der Waals surface area contributed by atoms with E-state index in [1.54, 1.807) is 24.4 Å². The van der Waals surface area contributed by atoms with Crippen LogP contribution in [0.1, 0.15) is 19.3 Å². The molecule has 1 atom stereocenters. The third-order valence-corrected chi connectivity index (χ3v) is 5.36. The van der Waals surface area contributed by atoms with Crippen molar-refractivity contribution < 1.29 is 4.79 Å². The van der Waals surface area contributed by atoms with Crippen LogP contribution in [-0.2, 0) is 4.79 Å². The van der Waals surface area contributed by atoms with Gasteiger partial charge in [0, 0.05) is 34.9 Å². The molecule has 4 rings (SSSR count). The maximum Gasteiger partial charge on any atom is 0.241 e. The Bertz CT molecular complexity index is 989. The summed E-state index contributed by atoms with van der Waals surface area (Å²) >= 11 is 12.0. The summed E-state index contributed by atoms with van der Waals surface area (Å²) in [6, 6.07) is 5.26. The van der Waals surface area contributed by atoms with E-state index >= 15 is 0 Å². The molecular weight excluding hydrogens is 413 g/mol. The number of anilines is 2. The first kappa shape index (κ1) is 19.7. The maximum absolute atomic E-state index is 12.8. The summed E-state index contributed by atoms with van der Waals surface area (Å²) in [4.78, 5) is 23.2. The molecular formula is C19H21Cl2N7O. The van der Waals surface area contributed by atoms with Gasteiger partial charge >= 0.3 is 0 Å². The summed E-state index contributed by atoms with van der Waals surface area (Å²) in [5, 5.41) is 15.3. The van der Waals surface area contributed by atoms with Crippen molar-refractivity contribution >= 4 is 51.6 Å². The second-order valence-electron chi connectivity index (χ2n) is 7.04. The lowest BCUT2D eigenvalue weighted by Gasteiger charge is -2.26. The van der Waals surface area contributed by atoms with Gasteiger partial charge in [0.1, 0.15) is 12.1 Å². The van der Waals surface area contributed by atoms with Gasteiger partial charge in [0.05, 0.1) is 18.1 Å². The number of hydrogen-bond acceptors (Lipinski definition) is 6. The number of fused-ring (bicyclic) bond motifs is 1. The van der Waals surface area contributed by atoms with Crippen LogP contribution in [0.5, 0.6) is 0 Å². The van der Waals surface area contributed by atoms with Crippen LogP contribution >= 0.6 is 23.2 Å². The van der Waals surface area contributed by atoms with Gasteiger partial charge in [-0.1, -0.05) is 23.2 Å². The topological polar surface area (TPSA) is 98.8 Å². The molecule has 1 saturated heterocycles. The number of rotatable bonds is 5. The summed E-state index contributed by atoms with van der Waals surface area (Å²) < 4.78 is 0. The summed E-state index contributed by atoms with van der Waals surface area (Å²) in [6.07, 6.45) is 6.18. The van der Waals surface area contributed by atoms with Gasteiger partial charge in [-0.15, -0.1) is 0 Å². The summed E-state index contributed by atoms with van der Waals surface area (Å²) in [6.45, 7) is 1.53. The third kappa shape index (κ3) is 4.89. The molecule has 29 heavy (non-hydrogen) atoms. The zero-order valence-corrected chi connectivity index (χ0v) is 17.2. The van der Waals surface area contributed by atoms with E-state index < -0.39 is 0 Å². The smallest absolute Gasteiger partial charge is 0.241 e. The van der Waals surface area contributed by atoms with Crippen molar-refractivity contribution in [2.24, 2.45) is 0 Å². The molecule has 10 heteroatoms. The molecule has 0 saturated carbocycles. The Balaban J connectivity index is 1.39. The molecule has 0 spiro atoms. The molecule has 1 aromatic carbocycles. The summed E-state index contributed by atoms with van der Waals surface area (Å²) in [5.41, 5.74) is 1.41. The Morgan fingerprint density at radius 1 is 1.21 bits per heavy atom. The molecule has 3 heterocycles. The molecule has 3 N–H and O–H groups in total. The zero-order chi connectivity index (χ0) is 20.2. The quantitative estimate of drug-likeness (QED) is 0.568. The number of aromatic amines is 1. The van der Waals surface area contributed by atoms with Gasteiger partial charge in [-0.25, -0.2) is 9.97 Å². The minimum Gasteiger partial charge on any atom is -0.376 e. The number of likely N-dealkylation sites (tertiary alicyclic amines) is 1. The lowest BCUT2D eigenvalue weighted by atomic mass is 10.1. The lowest BCUT2D eigenvalue weighted by Crippen LogP contribution is -2.42. The van der Waals surface area contributed by atoms with E-state index in [9.17, 15) is 4.79 Å². The number of halogens is 2. The Morgan fingerprint density at radius 3 is 2.86 bits per heavy atom. The van der Waals surface area contributed by atoms with Gasteiger partial charge in [-0.05, 0) is 37.5 Å². The molecule has 8 nitrogen and oxygen atoms in total. The minimum atomic E-state index is 0.0333. The second kappa shape index (κ2) is 8.84. The molecule has 2 aromatic heterocycles. The molecule has 152 valence electrons. The fraction of sp³-hybridized carbons (Fsp3) is 0.368. The van der Waals surface area contributed by atoms with Crippen LogP contribution in [0, 0.1) is 0 Å². The van der Waals surface area contributed by atoms with Crippen LogP contribution in [0.2, 0.25) is 10.0 Å². The van der Waals surface area contributed by atoms with E-state index in [0.29, 0.717) is 22.2 Å². The summed E-state index contributed by atoms with van der Waals surface area (Å²) in [7, 11) is 0.